The molecule has 0 saturated carbocycles. The first-order valence-corrected chi connectivity index (χ1v) is 5.51. The van der Waals surface area contributed by atoms with Crippen molar-refractivity contribution in [3.05, 3.63) is 29.8 Å². The first-order chi connectivity index (χ1) is 7.75. The minimum Gasteiger partial charge on any atom is -0.399 e. The van der Waals surface area contributed by atoms with Crippen LogP contribution in [-0.2, 0) is 4.74 Å². The van der Waals surface area contributed by atoms with Crippen molar-refractivity contribution in [2.24, 2.45) is 0 Å². The lowest BCUT2D eigenvalue weighted by Crippen LogP contribution is -2.31. The summed E-state index contributed by atoms with van der Waals surface area (Å²) in [4.78, 5) is 11.7. The molecule has 1 saturated heterocycles. The minimum absolute atomic E-state index is 0.0736. The molecule has 1 aromatic carbocycles. The summed E-state index contributed by atoms with van der Waals surface area (Å²) in [6, 6.07) is 6.89. The highest BCUT2D eigenvalue weighted by Crippen LogP contribution is 2.11. The number of benzene rings is 1. The van der Waals surface area contributed by atoms with Gasteiger partial charge in [0.25, 0.3) is 5.91 Å². The summed E-state index contributed by atoms with van der Waals surface area (Å²) in [5, 5.41) is 2.86. The van der Waals surface area contributed by atoms with Crippen molar-refractivity contribution in [2.75, 3.05) is 18.9 Å². The smallest absolute Gasteiger partial charge is 0.251 e. The second kappa shape index (κ2) is 4.99. The van der Waals surface area contributed by atoms with Crippen molar-refractivity contribution in [1.82, 2.24) is 5.32 Å². The van der Waals surface area contributed by atoms with E-state index in [-0.39, 0.29) is 12.0 Å². The molecule has 0 bridgehead atoms. The van der Waals surface area contributed by atoms with E-state index >= 15 is 0 Å². The highest BCUT2D eigenvalue weighted by atomic mass is 16.5. The monoisotopic (exact) mass is 220 g/mol. The highest BCUT2D eigenvalue weighted by molar-refractivity contribution is 5.94. The molecular weight excluding hydrogens is 204 g/mol. The Morgan fingerprint density at radius 1 is 1.44 bits per heavy atom. The van der Waals surface area contributed by atoms with Crippen LogP contribution in [0.2, 0.25) is 0 Å². The predicted molar refractivity (Wildman–Crippen MR) is 62.2 cm³/mol. The van der Waals surface area contributed by atoms with Gasteiger partial charge in [-0.15, -0.1) is 0 Å². The van der Waals surface area contributed by atoms with Gasteiger partial charge in [0.1, 0.15) is 0 Å². The maximum Gasteiger partial charge on any atom is 0.251 e. The Labute approximate surface area is 94.8 Å². The van der Waals surface area contributed by atoms with Crippen LogP contribution < -0.4 is 11.1 Å². The van der Waals surface area contributed by atoms with E-state index in [1.165, 1.54) is 0 Å². The number of carbonyl (C=O) groups is 1. The van der Waals surface area contributed by atoms with Crippen molar-refractivity contribution in [3.63, 3.8) is 0 Å². The van der Waals surface area contributed by atoms with Gasteiger partial charge >= 0.3 is 0 Å². The maximum absolute atomic E-state index is 11.7. The summed E-state index contributed by atoms with van der Waals surface area (Å²) in [7, 11) is 0. The molecule has 3 N–H and O–H groups in total. The van der Waals surface area contributed by atoms with E-state index in [0.29, 0.717) is 17.8 Å². The Hall–Kier alpha value is -1.55. The number of amides is 1. The van der Waals surface area contributed by atoms with E-state index < -0.39 is 0 Å². The van der Waals surface area contributed by atoms with Gasteiger partial charge in [-0.1, -0.05) is 0 Å². The van der Waals surface area contributed by atoms with Crippen molar-refractivity contribution in [3.8, 4) is 0 Å². The molecule has 1 aliphatic heterocycles. The van der Waals surface area contributed by atoms with Gasteiger partial charge in [-0.25, -0.2) is 0 Å². The van der Waals surface area contributed by atoms with Crippen LogP contribution in [0.15, 0.2) is 24.3 Å². The summed E-state index contributed by atoms with van der Waals surface area (Å²) in [6.07, 6.45) is 2.29. The molecule has 0 unspecified atom stereocenters. The van der Waals surface area contributed by atoms with Crippen molar-refractivity contribution >= 4 is 11.6 Å². The van der Waals surface area contributed by atoms with Gasteiger partial charge in [0, 0.05) is 24.4 Å². The SMILES string of the molecule is Nc1ccc(C(=O)NC[C@H]2CCCO2)cc1. The summed E-state index contributed by atoms with van der Waals surface area (Å²) >= 11 is 0. The zero-order valence-corrected chi connectivity index (χ0v) is 9.11. The Balaban J connectivity index is 1.85. The van der Waals surface area contributed by atoms with Gasteiger partial charge in [0.15, 0.2) is 0 Å². The molecule has 0 radical (unpaired) electrons. The first kappa shape index (κ1) is 11.0. The molecule has 1 heterocycles. The fourth-order valence-electron chi connectivity index (χ4n) is 1.75. The van der Waals surface area contributed by atoms with Gasteiger partial charge in [-0.05, 0) is 37.1 Å². The third-order valence-electron chi connectivity index (χ3n) is 2.69. The number of ether oxygens (including phenoxy) is 1. The molecule has 1 amide bonds. The molecule has 0 aliphatic carbocycles. The molecule has 1 aromatic rings. The average molecular weight is 220 g/mol. The summed E-state index contributed by atoms with van der Waals surface area (Å²) in [5.74, 6) is -0.0736. The van der Waals surface area contributed by atoms with Crippen molar-refractivity contribution < 1.29 is 9.53 Å². The van der Waals surface area contributed by atoms with E-state index in [4.69, 9.17) is 10.5 Å². The molecule has 1 fully saturated rings. The fourth-order valence-corrected chi connectivity index (χ4v) is 1.75. The van der Waals surface area contributed by atoms with Crippen LogP contribution >= 0.6 is 0 Å². The number of nitrogen functional groups attached to an aromatic ring is 1. The number of nitrogens with two attached hydrogens (primary N) is 1. The highest BCUT2D eigenvalue weighted by Gasteiger charge is 2.16. The number of carbonyl (C=O) groups excluding carboxylic acids is 1. The van der Waals surface area contributed by atoms with Crippen LogP contribution in [0.4, 0.5) is 5.69 Å². The van der Waals surface area contributed by atoms with Crippen LogP contribution in [0.1, 0.15) is 23.2 Å². The third-order valence-corrected chi connectivity index (χ3v) is 2.69. The van der Waals surface area contributed by atoms with Crippen LogP contribution in [0.25, 0.3) is 0 Å². The van der Waals surface area contributed by atoms with E-state index in [1.54, 1.807) is 24.3 Å². The van der Waals surface area contributed by atoms with Crippen molar-refractivity contribution in [1.29, 1.82) is 0 Å². The molecule has 2 rings (SSSR count). The van der Waals surface area contributed by atoms with E-state index in [2.05, 4.69) is 5.32 Å². The number of anilines is 1. The lowest BCUT2D eigenvalue weighted by Gasteiger charge is -2.10. The van der Waals surface area contributed by atoms with Crippen LogP contribution in [0.3, 0.4) is 0 Å². The molecule has 86 valence electrons. The molecule has 4 heteroatoms. The number of rotatable bonds is 3. The lowest BCUT2D eigenvalue weighted by molar-refractivity contribution is 0.0858. The second-order valence-electron chi connectivity index (χ2n) is 3.97. The number of nitrogens with one attached hydrogen (secondary N) is 1. The molecule has 16 heavy (non-hydrogen) atoms. The first-order valence-electron chi connectivity index (χ1n) is 5.51. The fraction of sp³-hybridized carbons (Fsp3) is 0.417. The molecule has 1 atom stereocenters. The summed E-state index contributed by atoms with van der Waals surface area (Å²) in [5.41, 5.74) is 6.84. The van der Waals surface area contributed by atoms with Crippen LogP contribution in [0.5, 0.6) is 0 Å². The van der Waals surface area contributed by atoms with Crippen molar-refractivity contribution in [2.45, 2.75) is 18.9 Å². The number of hydrogen-bond donors (Lipinski definition) is 2. The van der Waals surface area contributed by atoms with Gasteiger partial charge in [0.2, 0.25) is 0 Å². The van der Waals surface area contributed by atoms with Gasteiger partial charge in [-0.3, -0.25) is 4.79 Å². The third kappa shape index (κ3) is 2.73. The van der Waals surface area contributed by atoms with E-state index in [0.717, 1.165) is 19.4 Å². The number of hydrogen-bond acceptors (Lipinski definition) is 3. The molecule has 1 aliphatic rings. The zero-order valence-electron chi connectivity index (χ0n) is 9.11. The Morgan fingerprint density at radius 3 is 2.81 bits per heavy atom. The van der Waals surface area contributed by atoms with E-state index in [9.17, 15) is 4.79 Å². The lowest BCUT2D eigenvalue weighted by atomic mass is 10.2. The molecule has 0 spiro atoms. The van der Waals surface area contributed by atoms with Gasteiger partial charge in [-0.2, -0.15) is 0 Å². The van der Waals surface area contributed by atoms with E-state index in [1.807, 2.05) is 0 Å². The van der Waals surface area contributed by atoms with Gasteiger partial charge < -0.3 is 15.8 Å². The molecule has 4 nitrogen and oxygen atoms in total. The standard InChI is InChI=1S/C12H16N2O2/c13-10-5-3-9(4-6-10)12(15)14-8-11-2-1-7-16-11/h3-6,11H,1-2,7-8,13H2,(H,14,15)/t11-/m1/s1. The van der Waals surface area contributed by atoms with Crippen LogP contribution in [0, 0.1) is 0 Å². The second-order valence-corrected chi connectivity index (χ2v) is 3.97. The zero-order chi connectivity index (χ0) is 11.4. The minimum atomic E-state index is -0.0736. The Bertz CT molecular complexity index is 356. The normalized spacial score (nSPS) is 19.6. The topological polar surface area (TPSA) is 64.4 Å². The van der Waals surface area contributed by atoms with Gasteiger partial charge in [0.05, 0.1) is 6.10 Å². The molecule has 0 aromatic heterocycles. The maximum atomic E-state index is 11.7. The predicted octanol–water partition coefficient (Wildman–Crippen LogP) is 1.18. The Morgan fingerprint density at radius 2 is 2.19 bits per heavy atom. The average Bonchev–Trinajstić information content (AvgIpc) is 2.80. The molecular formula is C12H16N2O2. The Kier molecular flexibility index (Phi) is 3.41. The summed E-state index contributed by atoms with van der Waals surface area (Å²) < 4.78 is 5.42. The quantitative estimate of drug-likeness (QED) is 0.752. The van der Waals surface area contributed by atoms with Crippen LogP contribution in [-0.4, -0.2) is 25.2 Å². The summed E-state index contributed by atoms with van der Waals surface area (Å²) in [6.45, 7) is 1.39. The largest absolute Gasteiger partial charge is 0.399 e.